The van der Waals surface area contributed by atoms with Crippen LogP contribution >= 0.6 is 0 Å². The van der Waals surface area contributed by atoms with E-state index in [0.717, 1.165) is 11.4 Å². The lowest BCUT2D eigenvalue weighted by molar-refractivity contribution is 0.475. The number of nitrogens with zero attached hydrogens (tertiary/aromatic N) is 2. The van der Waals surface area contributed by atoms with Crippen LogP contribution in [0, 0.1) is 0 Å². The SMILES string of the molecule is C=CCN(CC=C)c1cccc(O)c1N(CC=C)CC=C. The summed E-state index contributed by atoms with van der Waals surface area (Å²) in [7, 11) is 0. The average molecular weight is 284 g/mol. The molecule has 112 valence electrons. The number of para-hydroxylation sites is 1. The summed E-state index contributed by atoms with van der Waals surface area (Å²) in [5.74, 6) is 0.245. The Balaban J connectivity index is 3.32. The molecule has 3 heteroatoms. The van der Waals surface area contributed by atoms with Gasteiger partial charge >= 0.3 is 0 Å². The second-order valence-corrected chi connectivity index (χ2v) is 4.61. The molecule has 1 N–H and O–H groups in total. The van der Waals surface area contributed by atoms with Crippen LogP contribution in [0.1, 0.15) is 0 Å². The molecule has 3 nitrogen and oxygen atoms in total. The number of phenols is 1. The minimum atomic E-state index is 0.245. The molecule has 0 radical (unpaired) electrons. The maximum atomic E-state index is 10.3. The second kappa shape index (κ2) is 8.69. The zero-order valence-corrected chi connectivity index (χ0v) is 12.5. The van der Waals surface area contributed by atoms with Gasteiger partial charge in [-0.05, 0) is 12.1 Å². The van der Waals surface area contributed by atoms with Crippen LogP contribution in [0.15, 0.2) is 68.8 Å². The van der Waals surface area contributed by atoms with E-state index in [0.29, 0.717) is 26.2 Å². The van der Waals surface area contributed by atoms with E-state index in [9.17, 15) is 5.11 Å². The fourth-order valence-corrected chi connectivity index (χ4v) is 2.25. The maximum absolute atomic E-state index is 10.3. The van der Waals surface area contributed by atoms with Crippen molar-refractivity contribution in [2.24, 2.45) is 0 Å². The van der Waals surface area contributed by atoms with Crippen LogP contribution in [0.25, 0.3) is 0 Å². The molecule has 0 aromatic heterocycles. The van der Waals surface area contributed by atoms with Gasteiger partial charge in [-0.2, -0.15) is 0 Å². The monoisotopic (exact) mass is 284 g/mol. The van der Waals surface area contributed by atoms with Crippen molar-refractivity contribution in [3.05, 3.63) is 68.8 Å². The van der Waals surface area contributed by atoms with Crippen molar-refractivity contribution in [2.45, 2.75) is 0 Å². The van der Waals surface area contributed by atoms with Gasteiger partial charge in [-0.3, -0.25) is 0 Å². The molecule has 0 fully saturated rings. The highest BCUT2D eigenvalue weighted by atomic mass is 16.3. The van der Waals surface area contributed by atoms with Crippen molar-refractivity contribution >= 4 is 11.4 Å². The van der Waals surface area contributed by atoms with E-state index in [-0.39, 0.29) is 5.75 Å². The minimum absolute atomic E-state index is 0.245. The highest BCUT2D eigenvalue weighted by Crippen LogP contribution is 2.37. The number of hydrogen-bond donors (Lipinski definition) is 1. The Bertz CT molecular complexity index is 488. The molecule has 21 heavy (non-hydrogen) atoms. The Morgan fingerprint density at radius 3 is 1.76 bits per heavy atom. The highest BCUT2D eigenvalue weighted by molar-refractivity contribution is 5.78. The molecule has 0 bridgehead atoms. The van der Waals surface area contributed by atoms with Crippen molar-refractivity contribution in [1.82, 2.24) is 0 Å². The zero-order valence-electron chi connectivity index (χ0n) is 12.5. The lowest BCUT2D eigenvalue weighted by atomic mass is 10.2. The fourth-order valence-electron chi connectivity index (χ4n) is 2.25. The van der Waals surface area contributed by atoms with Gasteiger partial charge in [0.05, 0.1) is 5.69 Å². The molecular formula is C18H24N2O. The summed E-state index contributed by atoms with van der Waals surface area (Å²) in [5.41, 5.74) is 1.72. The van der Waals surface area contributed by atoms with Crippen LogP contribution in [0.4, 0.5) is 11.4 Å². The van der Waals surface area contributed by atoms with E-state index in [1.807, 2.05) is 41.3 Å². The molecule has 0 aliphatic carbocycles. The molecular weight excluding hydrogens is 260 g/mol. The number of aromatic hydroxyl groups is 1. The minimum Gasteiger partial charge on any atom is -0.506 e. The first-order chi connectivity index (χ1) is 10.2. The first kappa shape index (κ1) is 16.6. The lowest BCUT2D eigenvalue weighted by Gasteiger charge is -2.31. The van der Waals surface area contributed by atoms with Gasteiger partial charge in [0, 0.05) is 26.2 Å². The van der Waals surface area contributed by atoms with E-state index in [2.05, 4.69) is 31.2 Å². The summed E-state index contributed by atoms with van der Waals surface area (Å²) >= 11 is 0. The Kier molecular flexibility index (Phi) is 6.88. The molecule has 0 aliphatic rings. The smallest absolute Gasteiger partial charge is 0.141 e. The van der Waals surface area contributed by atoms with Gasteiger partial charge < -0.3 is 14.9 Å². The van der Waals surface area contributed by atoms with E-state index in [4.69, 9.17) is 0 Å². The van der Waals surface area contributed by atoms with Crippen LogP contribution in [0.5, 0.6) is 5.75 Å². The predicted molar refractivity (Wildman–Crippen MR) is 93.3 cm³/mol. The molecule has 0 amide bonds. The van der Waals surface area contributed by atoms with E-state index in [1.165, 1.54) is 0 Å². The molecule has 1 aromatic rings. The van der Waals surface area contributed by atoms with Gasteiger partial charge in [0.2, 0.25) is 0 Å². The predicted octanol–water partition coefficient (Wildman–Crippen LogP) is 3.75. The molecule has 1 aromatic carbocycles. The quantitative estimate of drug-likeness (QED) is 0.663. The number of anilines is 2. The van der Waals surface area contributed by atoms with Crippen molar-refractivity contribution < 1.29 is 5.11 Å². The molecule has 0 saturated heterocycles. The lowest BCUT2D eigenvalue weighted by Crippen LogP contribution is -2.29. The summed E-state index contributed by atoms with van der Waals surface area (Å²) in [6.45, 7) is 17.8. The van der Waals surface area contributed by atoms with Crippen LogP contribution in [-0.2, 0) is 0 Å². The average Bonchev–Trinajstić information content (AvgIpc) is 2.47. The largest absolute Gasteiger partial charge is 0.506 e. The molecule has 1 rings (SSSR count). The number of phenolic OH excluding ortho intramolecular Hbond substituents is 1. The molecule has 0 spiro atoms. The molecule has 0 atom stereocenters. The topological polar surface area (TPSA) is 26.7 Å². The summed E-state index contributed by atoms with van der Waals surface area (Å²) in [5, 5.41) is 10.3. The number of rotatable bonds is 10. The zero-order chi connectivity index (χ0) is 15.7. The third-order valence-corrected chi connectivity index (χ3v) is 3.05. The van der Waals surface area contributed by atoms with Crippen molar-refractivity contribution in [3.8, 4) is 5.75 Å². The van der Waals surface area contributed by atoms with Crippen molar-refractivity contribution in [1.29, 1.82) is 0 Å². The Morgan fingerprint density at radius 1 is 0.810 bits per heavy atom. The van der Waals surface area contributed by atoms with Crippen molar-refractivity contribution in [3.63, 3.8) is 0 Å². The van der Waals surface area contributed by atoms with Crippen LogP contribution in [0.3, 0.4) is 0 Å². The van der Waals surface area contributed by atoms with Gasteiger partial charge in [-0.1, -0.05) is 30.4 Å². The molecule has 0 heterocycles. The maximum Gasteiger partial charge on any atom is 0.141 e. The Labute approximate surface area is 127 Å². The second-order valence-electron chi connectivity index (χ2n) is 4.61. The number of benzene rings is 1. The van der Waals surface area contributed by atoms with Gasteiger partial charge in [0.15, 0.2) is 0 Å². The molecule has 0 unspecified atom stereocenters. The van der Waals surface area contributed by atoms with Gasteiger partial charge in [-0.25, -0.2) is 0 Å². The normalized spacial score (nSPS) is 9.71. The third kappa shape index (κ3) is 4.28. The summed E-state index contributed by atoms with van der Waals surface area (Å²) < 4.78 is 0. The van der Waals surface area contributed by atoms with Gasteiger partial charge in [0.25, 0.3) is 0 Å². The Morgan fingerprint density at radius 2 is 1.29 bits per heavy atom. The third-order valence-electron chi connectivity index (χ3n) is 3.05. The summed E-state index contributed by atoms with van der Waals surface area (Å²) in [4.78, 5) is 4.14. The van der Waals surface area contributed by atoms with Crippen LogP contribution < -0.4 is 9.80 Å². The highest BCUT2D eigenvalue weighted by Gasteiger charge is 2.17. The Hall–Kier alpha value is -2.42. The molecule has 0 saturated carbocycles. The summed E-state index contributed by atoms with van der Waals surface area (Å²) in [6, 6.07) is 5.52. The van der Waals surface area contributed by atoms with Crippen molar-refractivity contribution in [2.75, 3.05) is 36.0 Å². The van der Waals surface area contributed by atoms with Gasteiger partial charge in [0.1, 0.15) is 11.4 Å². The summed E-state index contributed by atoms with van der Waals surface area (Å²) in [6.07, 6.45) is 7.29. The van der Waals surface area contributed by atoms with E-state index >= 15 is 0 Å². The molecule has 0 aliphatic heterocycles. The van der Waals surface area contributed by atoms with Gasteiger partial charge in [-0.15, -0.1) is 26.3 Å². The first-order valence-electron chi connectivity index (χ1n) is 6.95. The first-order valence-corrected chi connectivity index (χ1v) is 6.95. The van der Waals surface area contributed by atoms with Crippen LogP contribution in [0.2, 0.25) is 0 Å². The number of hydrogen-bond acceptors (Lipinski definition) is 3. The fraction of sp³-hybridized carbons (Fsp3) is 0.222. The van der Waals surface area contributed by atoms with E-state index < -0.39 is 0 Å². The van der Waals surface area contributed by atoms with Crippen LogP contribution in [-0.4, -0.2) is 31.3 Å². The van der Waals surface area contributed by atoms with E-state index in [1.54, 1.807) is 6.07 Å². The standard InChI is InChI=1S/C18H24N2O/c1-5-12-19(13-6-2)16-10-9-11-17(21)18(16)20(14-7-3)15-8-4/h5-11,21H,1-4,12-15H2.